The number of aliphatic carboxylic acids is 1. The van der Waals surface area contributed by atoms with Gasteiger partial charge in [-0.15, -0.1) is 0 Å². The molecule has 4 rings (SSSR count). The van der Waals surface area contributed by atoms with Gasteiger partial charge in [0.2, 0.25) is 5.91 Å². The molecule has 36 heavy (non-hydrogen) atoms. The van der Waals surface area contributed by atoms with Crippen LogP contribution in [-0.2, 0) is 35.3 Å². The van der Waals surface area contributed by atoms with Crippen molar-refractivity contribution in [2.24, 2.45) is 0 Å². The lowest BCUT2D eigenvalue weighted by molar-refractivity contribution is -0.144. The Bertz CT molecular complexity index is 1260. The summed E-state index contributed by atoms with van der Waals surface area (Å²) in [5.74, 6) is -1.28. The number of carboxylic acids is 1. The summed E-state index contributed by atoms with van der Waals surface area (Å²) in [5, 5.41) is 9.24. The van der Waals surface area contributed by atoms with Gasteiger partial charge in [-0.25, -0.2) is 8.78 Å². The number of carbonyl (C=O) groups excluding carboxylic acids is 1. The third kappa shape index (κ3) is 6.27. The Balaban J connectivity index is 1.37. The van der Waals surface area contributed by atoms with Crippen molar-refractivity contribution in [1.29, 1.82) is 0 Å². The standard InChI is InChI=1S/C29H29F2NO4/c1-29(17-22-7-3-5-9-25(22)31)18-23-16-20(10-12-26(23)36-29)11-13-27(33)32(19-28(34)35)15-14-21-6-2-4-8-24(21)30/h2-10,12,16H,11,13-15,17-19H2,1H3,(H,34,35)/t29-/m0/s1. The maximum absolute atomic E-state index is 14.2. The minimum absolute atomic E-state index is 0.124. The molecule has 1 aliphatic heterocycles. The van der Waals surface area contributed by atoms with Crippen molar-refractivity contribution < 1.29 is 28.2 Å². The van der Waals surface area contributed by atoms with Gasteiger partial charge in [-0.1, -0.05) is 48.5 Å². The first-order valence-electron chi connectivity index (χ1n) is 12.0. The predicted molar refractivity (Wildman–Crippen MR) is 132 cm³/mol. The predicted octanol–water partition coefficient (Wildman–Crippen LogP) is 4.99. The quantitative estimate of drug-likeness (QED) is 0.432. The average molecular weight is 494 g/mol. The Labute approximate surface area is 209 Å². The maximum Gasteiger partial charge on any atom is 0.323 e. The van der Waals surface area contributed by atoms with Crippen molar-refractivity contribution >= 4 is 11.9 Å². The second-order valence-electron chi connectivity index (χ2n) is 9.49. The Hall–Kier alpha value is -3.74. The number of carboxylic acid groups (broad SMARTS) is 1. The summed E-state index contributed by atoms with van der Waals surface area (Å²) in [7, 11) is 0. The average Bonchev–Trinajstić information content (AvgIpc) is 3.17. The van der Waals surface area contributed by atoms with E-state index in [1.807, 2.05) is 31.2 Å². The normalized spacial score (nSPS) is 16.3. The maximum atomic E-state index is 14.2. The lowest BCUT2D eigenvalue weighted by Crippen LogP contribution is -2.37. The van der Waals surface area contributed by atoms with E-state index in [2.05, 4.69) is 0 Å². The molecule has 188 valence electrons. The number of rotatable bonds is 10. The summed E-state index contributed by atoms with van der Waals surface area (Å²) in [4.78, 5) is 25.4. The molecule has 0 saturated carbocycles. The van der Waals surface area contributed by atoms with Crippen molar-refractivity contribution in [1.82, 2.24) is 4.90 Å². The summed E-state index contributed by atoms with van der Waals surface area (Å²) < 4.78 is 34.2. The van der Waals surface area contributed by atoms with Crippen LogP contribution >= 0.6 is 0 Å². The molecule has 1 N–H and O–H groups in total. The van der Waals surface area contributed by atoms with Crippen molar-refractivity contribution in [2.75, 3.05) is 13.1 Å². The van der Waals surface area contributed by atoms with E-state index in [9.17, 15) is 23.5 Å². The van der Waals surface area contributed by atoms with Crippen LogP contribution in [0.2, 0.25) is 0 Å². The fourth-order valence-corrected chi connectivity index (χ4v) is 4.69. The van der Waals surface area contributed by atoms with Gasteiger partial charge in [0.15, 0.2) is 0 Å². The summed E-state index contributed by atoms with van der Waals surface area (Å²) in [5.41, 5.74) is 2.42. The Morgan fingerprint density at radius 1 is 0.972 bits per heavy atom. The molecule has 0 aromatic heterocycles. The van der Waals surface area contributed by atoms with Crippen LogP contribution in [0.5, 0.6) is 5.75 Å². The number of hydrogen-bond donors (Lipinski definition) is 1. The third-order valence-electron chi connectivity index (χ3n) is 6.48. The number of amides is 1. The van der Waals surface area contributed by atoms with E-state index in [-0.39, 0.29) is 36.9 Å². The van der Waals surface area contributed by atoms with Crippen LogP contribution < -0.4 is 4.74 Å². The fourth-order valence-electron chi connectivity index (χ4n) is 4.69. The van der Waals surface area contributed by atoms with E-state index in [1.165, 1.54) is 17.0 Å². The molecule has 1 aliphatic rings. The Kier molecular flexibility index (Phi) is 7.67. The first kappa shape index (κ1) is 25.4. The molecule has 1 amide bonds. The van der Waals surface area contributed by atoms with Gasteiger partial charge in [0.1, 0.15) is 29.5 Å². The number of carbonyl (C=O) groups is 2. The van der Waals surface area contributed by atoms with E-state index in [4.69, 9.17) is 4.74 Å². The molecule has 5 nitrogen and oxygen atoms in total. The van der Waals surface area contributed by atoms with Crippen molar-refractivity contribution in [3.63, 3.8) is 0 Å². The summed E-state index contributed by atoms with van der Waals surface area (Å²) in [6.07, 6.45) is 1.87. The third-order valence-corrected chi connectivity index (χ3v) is 6.48. The van der Waals surface area contributed by atoms with Crippen LogP contribution in [0.15, 0.2) is 66.7 Å². The number of benzene rings is 3. The number of ether oxygens (including phenoxy) is 1. The van der Waals surface area contributed by atoms with E-state index >= 15 is 0 Å². The first-order valence-corrected chi connectivity index (χ1v) is 12.0. The second kappa shape index (κ2) is 10.9. The highest BCUT2D eigenvalue weighted by Gasteiger charge is 2.35. The molecule has 1 atom stereocenters. The first-order chi connectivity index (χ1) is 17.2. The molecule has 0 bridgehead atoms. The molecule has 0 radical (unpaired) electrons. The molecule has 1 heterocycles. The van der Waals surface area contributed by atoms with Gasteiger partial charge in [0, 0.05) is 25.8 Å². The van der Waals surface area contributed by atoms with Gasteiger partial charge in [-0.2, -0.15) is 0 Å². The Morgan fingerprint density at radius 2 is 1.64 bits per heavy atom. The second-order valence-corrected chi connectivity index (χ2v) is 9.49. The van der Waals surface area contributed by atoms with E-state index < -0.39 is 18.1 Å². The number of nitrogens with zero attached hydrogens (tertiary/aromatic N) is 1. The van der Waals surface area contributed by atoms with Crippen LogP contribution in [0.3, 0.4) is 0 Å². The molecule has 0 spiro atoms. The molecule has 0 fully saturated rings. The number of aryl methyl sites for hydroxylation is 1. The molecular weight excluding hydrogens is 464 g/mol. The van der Waals surface area contributed by atoms with E-state index in [0.29, 0.717) is 30.4 Å². The zero-order valence-electron chi connectivity index (χ0n) is 20.2. The van der Waals surface area contributed by atoms with Crippen molar-refractivity contribution in [3.8, 4) is 5.75 Å². The molecular formula is C29H29F2NO4. The van der Waals surface area contributed by atoms with Crippen LogP contribution in [0.4, 0.5) is 8.78 Å². The summed E-state index contributed by atoms with van der Waals surface area (Å²) in [6, 6.07) is 18.7. The summed E-state index contributed by atoms with van der Waals surface area (Å²) >= 11 is 0. The van der Waals surface area contributed by atoms with Gasteiger partial charge in [0.25, 0.3) is 0 Å². The number of hydrogen-bond acceptors (Lipinski definition) is 3. The summed E-state index contributed by atoms with van der Waals surface area (Å²) in [6.45, 7) is 1.65. The molecule has 3 aromatic carbocycles. The van der Waals surface area contributed by atoms with E-state index in [0.717, 1.165) is 16.9 Å². The van der Waals surface area contributed by atoms with Gasteiger partial charge in [0.05, 0.1) is 0 Å². The molecule has 7 heteroatoms. The zero-order valence-corrected chi connectivity index (χ0v) is 20.2. The number of halogens is 2. The topological polar surface area (TPSA) is 66.8 Å². The molecule has 3 aromatic rings. The SMILES string of the molecule is C[C@]1(Cc2ccccc2F)Cc2cc(CCC(=O)N(CCc3ccccc3F)CC(=O)O)ccc2O1. The van der Waals surface area contributed by atoms with Gasteiger partial charge < -0.3 is 14.7 Å². The highest BCUT2D eigenvalue weighted by atomic mass is 19.1. The smallest absolute Gasteiger partial charge is 0.323 e. The minimum Gasteiger partial charge on any atom is -0.487 e. The van der Waals surface area contributed by atoms with Gasteiger partial charge in [-0.3, -0.25) is 9.59 Å². The highest BCUT2D eigenvalue weighted by molar-refractivity contribution is 5.81. The monoisotopic (exact) mass is 493 g/mol. The van der Waals surface area contributed by atoms with Crippen molar-refractivity contribution in [3.05, 3.63) is 101 Å². The minimum atomic E-state index is -1.11. The van der Waals surface area contributed by atoms with Gasteiger partial charge >= 0.3 is 5.97 Å². The van der Waals surface area contributed by atoms with Crippen molar-refractivity contribution in [2.45, 2.75) is 44.6 Å². The highest BCUT2D eigenvalue weighted by Crippen LogP contribution is 2.38. The Morgan fingerprint density at radius 3 is 2.31 bits per heavy atom. The molecule has 0 saturated heterocycles. The lowest BCUT2D eigenvalue weighted by atomic mass is 9.91. The largest absolute Gasteiger partial charge is 0.487 e. The zero-order chi connectivity index (χ0) is 25.7. The van der Waals surface area contributed by atoms with Crippen LogP contribution in [0.1, 0.15) is 35.6 Å². The number of fused-ring (bicyclic) bond motifs is 1. The van der Waals surface area contributed by atoms with Crippen LogP contribution in [0, 0.1) is 11.6 Å². The van der Waals surface area contributed by atoms with E-state index in [1.54, 1.807) is 30.3 Å². The lowest BCUT2D eigenvalue weighted by Gasteiger charge is -2.24. The molecule has 0 aliphatic carbocycles. The van der Waals surface area contributed by atoms with Crippen LogP contribution in [-0.4, -0.2) is 40.6 Å². The van der Waals surface area contributed by atoms with Gasteiger partial charge in [-0.05, 0) is 60.2 Å². The fraction of sp³-hybridized carbons (Fsp3) is 0.310. The molecule has 0 unspecified atom stereocenters. The van der Waals surface area contributed by atoms with Crippen LogP contribution in [0.25, 0.3) is 0 Å².